The van der Waals surface area contributed by atoms with Crippen molar-refractivity contribution in [3.63, 3.8) is 0 Å². The molecule has 25 heavy (non-hydrogen) atoms. The van der Waals surface area contributed by atoms with Crippen LogP contribution in [0.2, 0.25) is 0 Å². The molecule has 1 aromatic rings. The van der Waals surface area contributed by atoms with E-state index in [0.29, 0.717) is 25.3 Å². The fraction of sp³-hybridized carbons (Fsp3) is 0.600. The van der Waals surface area contributed by atoms with Gasteiger partial charge >= 0.3 is 5.97 Å². The molecular formula is C20H29NO4. The van der Waals surface area contributed by atoms with Crippen LogP contribution in [0.1, 0.15) is 56.0 Å². The minimum absolute atomic E-state index is 0.0287. The van der Waals surface area contributed by atoms with Gasteiger partial charge in [-0.3, -0.25) is 4.79 Å². The minimum atomic E-state index is -1.31. The highest BCUT2D eigenvalue weighted by Gasteiger charge is 2.48. The molecule has 3 atom stereocenters. The maximum atomic E-state index is 12.7. The number of carboxylic acids is 1. The van der Waals surface area contributed by atoms with Gasteiger partial charge in [0.15, 0.2) is 0 Å². The van der Waals surface area contributed by atoms with Gasteiger partial charge in [-0.25, -0.2) is 4.79 Å². The highest BCUT2D eigenvalue weighted by molar-refractivity contribution is 5.87. The van der Waals surface area contributed by atoms with E-state index in [2.05, 4.69) is 26.1 Å². The van der Waals surface area contributed by atoms with Crippen LogP contribution >= 0.6 is 0 Å². The minimum Gasteiger partial charge on any atom is -0.478 e. The van der Waals surface area contributed by atoms with E-state index in [0.717, 1.165) is 18.4 Å². The van der Waals surface area contributed by atoms with E-state index in [4.69, 9.17) is 5.11 Å². The van der Waals surface area contributed by atoms with Crippen molar-refractivity contribution in [1.82, 2.24) is 5.32 Å². The van der Waals surface area contributed by atoms with Gasteiger partial charge in [0.25, 0.3) is 5.91 Å². The second-order valence-electron chi connectivity index (χ2n) is 7.67. The summed E-state index contributed by atoms with van der Waals surface area (Å²) < 4.78 is 0. The number of carboxylic acid groups (broad SMARTS) is 1. The molecule has 1 amide bonds. The van der Waals surface area contributed by atoms with Crippen LogP contribution in [0.5, 0.6) is 0 Å². The van der Waals surface area contributed by atoms with Gasteiger partial charge in [0.2, 0.25) is 0 Å². The lowest BCUT2D eigenvalue weighted by molar-refractivity contribution is -0.155. The van der Waals surface area contributed by atoms with E-state index < -0.39 is 11.6 Å². The van der Waals surface area contributed by atoms with Crippen LogP contribution in [0, 0.1) is 17.8 Å². The van der Waals surface area contributed by atoms with Crippen molar-refractivity contribution in [2.75, 3.05) is 6.54 Å². The van der Waals surface area contributed by atoms with Crippen LogP contribution in [-0.2, 0) is 11.2 Å². The van der Waals surface area contributed by atoms with Crippen molar-refractivity contribution < 1.29 is 19.8 Å². The maximum absolute atomic E-state index is 12.7. The number of aromatic carboxylic acids is 1. The fourth-order valence-corrected chi connectivity index (χ4v) is 3.97. The lowest BCUT2D eigenvalue weighted by Crippen LogP contribution is -2.56. The summed E-state index contributed by atoms with van der Waals surface area (Å²) >= 11 is 0. The number of carbonyl (C=O) groups excluding carboxylic acids is 1. The predicted molar refractivity (Wildman–Crippen MR) is 96.4 cm³/mol. The molecule has 0 spiro atoms. The molecule has 2 rings (SSSR count). The molecule has 5 heteroatoms. The topological polar surface area (TPSA) is 86.6 Å². The Hall–Kier alpha value is -1.88. The van der Waals surface area contributed by atoms with Crippen molar-refractivity contribution in [3.8, 4) is 0 Å². The Morgan fingerprint density at radius 3 is 2.68 bits per heavy atom. The van der Waals surface area contributed by atoms with Crippen molar-refractivity contribution in [3.05, 3.63) is 35.4 Å². The number of benzene rings is 1. The monoisotopic (exact) mass is 347 g/mol. The molecule has 138 valence electrons. The summed E-state index contributed by atoms with van der Waals surface area (Å²) in [5.41, 5.74) is -0.220. The third-order valence-corrected chi connectivity index (χ3v) is 5.31. The summed E-state index contributed by atoms with van der Waals surface area (Å²) in [4.78, 5) is 23.7. The summed E-state index contributed by atoms with van der Waals surface area (Å²) in [5, 5.41) is 23.0. The van der Waals surface area contributed by atoms with Gasteiger partial charge in [0.05, 0.1) is 5.56 Å². The summed E-state index contributed by atoms with van der Waals surface area (Å²) in [6.45, 7) is 6.56. The predicted octanol–water partition coefficient (Wildman–Crippen LogP) is 2.87. The van der Waals surface area contributed by atoms with Crippen LogP contribution in [-0.4, -0.2) is 34.2 Å². The summed E-state index contributed by atoms with van der Waals surface area (Å²) in [6, 6.07) is 6.70. The third-order valence-electron chi connectivity index (χ3n) is 5.31. The summed E-state index contributed by atoms with van der Waals surface area (Å²) in [7, 11) is 0. The first-order valence-corrected chi connectivity index (χ1v) is 9.07. The van der Waals surface area contributed by atoms with Gasteiger partial charge in [-0.2, -0.15) is 0 Å². The Morgan fingerprint density at radius 2 is 2.04 bits per heavy atom. The zero-order chi connectivity index (χ0) is 18.6. The Morgan fingerprint density at radius 1 is 1.32 bits per heavy atom. The smallest absolute Gasteiger partial charge is 0.335 e. The SMILES string of the molecule is CC(C)[C@@H]1CC[C@@H](C)C[C@@]1(O)C(=O)NCCc1cccc(C(=O)O)c1. The quantitative estimate of drug-likeness (QED) is 0.738. The Kier molecular flexibility index (Phi) is 6.22. The second-order valence-corrected chi connectivity index (χ2v) is 7.67. The Bertz CT molecular complexity index is 628. The van der Waals surface area contributed by atoms with Gasteiger partial charge in [-0.15, -0.1) is 0 Å². The van der Waals surface area contributed by atoms with Crippen LogP contribution < -0.4 is 5.32 Å². The molecule has 5 nitrogen and oxygen atoms in total. The molecule has 0 bridgehead atoms. The van der Waals surface area contributed by atoms with Crippen LogP contribution in [0.4, 0.5) is 0 Å². The molecule has 0 unspecified atom stereocenters. The second kappa shape index (κ2) is 8.00. The standard InChI is InChI=1S/C20H29NO4/c1-13(2)17-8-7-14(3)12-20(17,25)19(24)21-10-9-15-5-4-6-16(11-15)18(22)23/h4-6,11,13-14,17,25H,7-10,12H2,1-3H3,(H,21,24)(H,22,23)/t14-,17+,20+/m1/s1. The molecule has 0 saturated heterocycles. The van der Waals surface area contributed by atoms with Crippen molar-refractivity contribution >= 4 is 11.9 Å². The lowest BCUT2D eigenvalue weighted by atomic mass is 9.66. The summed E-state index contributed by atoms with van der Waals surface area (Å²) in [5.74, 6) is -0.712. The molecule has 1 aromatic carbocycles. The van der Waals surface area contributed by atoms with Crippen LogP contribution in [0.15, 0.2) is 24.3 Å². The number of hydrogen-bond acceptors (Lipinski definition) is 3. The molecule has 1 fully saturated rings. The van der Waals surface area contributed by atoms with Gasteiger partial charge < -0.3 is 15.5 Å². The van der Waals surface area contributed by atoms with Crippen LogP contribution in [0.3, 0.4) is 0 Å². The molecule has 0 aliphatic heterocycles. The molecular weight excluding hydrogens is 318 g/mol. The first-order valence-electron chi connectivity index (χ1n) is 9.07. The van der Waals surface area contributed by atoms with E-state index in [1.807, 2.05) is 6.07 Å². The zero-order valence-electron chi connectivity index (χ0n) is 15.3. The molecule has 1 aliphatic carbocycles. The number of aliphatic hydroxyl groups is 1. The normalized spacial score (nSPS) is 26.4. The fourth-order valence-electron chi connectivity index (χ4n) is 3.97. The van der Waals surface area contributed by atoms with E-state index >= 15 is 0 Å². The highest BCUT2D eigenvalue weighted by atomic mass is 16.4. The average Bonchev–Trinajstić information content (AvgIpc) is 2.54. The van der Waals surface area contributed by atoms with Gasteiger partial charge in [0.1, 0.15) is 5.60 Å². The van der Waals surface area contributed by atoms with E-state index in [1.165, 1.54) is 0 Å². The number of carbonyl (C=O) groups is 2. The van der Waals surface area contributed by atoms with Gasteiger partial charge in [-0.05, 0) is 54.7 Å². The highest BCUT2D eigenvalue weighted by Crippen LogP contribution is 2.41. The van der Waals surface area contributed by atoms with E-state index in [-0.39, 0.29) is 23.3 Å². The van der Waals surface area contributed by atoms with Crippen molar-refractivity contribution in [2.45, 2.75) is 52.1 Å². The molecule has 1 aliphatic rings. The van der Waals surface area contributed by atoms with Gasteiger partial charge in [-0.1, -0.05) is 39.3 Å². The van der Waals surface area contributed by atoms with Crippen molar-refractivity contribution in [2.24, 2.45) is 17.8 Å². The molecule has 0 radical (unpaired) electrons. The van der Waals surface area contributed by atoms with Crippen molar-refractivity contribution in [1.29, 1.82) is 0 Å². The average molecular weight is 347 g/mol. The number of rotatable bonds is 6. The van der Waals surface area contributed by atoms with Gasteiger partial charge in [0, 0.05) is 6.54 Å². The number of amides is 1. The molecule has 0 aromatic heterocycles. The maximum Gasteiger partial charge on any atom is 0.335 e. The number of nitrogens with one attached hydrogen (secondary N) is 1. The summed E-state index contributed by atoms with van der Waals surface area (Å²) in [6.07, 6.45) is 2.94. The Labute approximate surface area is 149 Å². The first kappa shape index (κ1) is 19.4. The zero-order valence-corrected chi connectivity index (χ0v) is 15.3. The largest absolute Gasteiger partial charge is 0.478 e. The lowest BCUT2D eigenvalue weighted by Gasteiger charge is -2.43. The Balaban J connectivity index is 1.98. The molecule has 1 saturated carbocycles. The number of hydrogen-bond donors (Lipinski definition) is 3. The van der Waals surface area contributed by atoms with E-state index in [1.54, 1.807) is 18.2 Å². The van der Waals surface area contributed by atoms with E-state index in [9.17, 15) is 14.7 Å². The van der Waals surface area contributed by atoms with Crippen LogP contribution in [0.25, 0.3) is 0 Å². The third kappa shape index (κ3) is 4.60. The first-order chi connectivity index (χ1) is 11.7. The molecule has 3 N–H and O–H groups in total. The molecule has 0 heterocycles.